The molecule has 57 heavy (non-hydrogen) atoms. The van der Waals surface area contributed by atoms with E-state index in [-0.39, 0.29) is 43.5 Å². The molecular formula is C41H40F6O10. The molecule has 2 unspecified atom stereocenters. The third-order valence-electron chi connectivity index (χ3n) is 8.89. The van der Waals surface area contributed by atoms with Gasteiger partial charge in [-0.15, -0.1) is 0 Å². The third-order valence-corrected chi connectivity index (χ3v) is 8.89. The van der Waals surface area contributed by atoms with Gasteiger partial charge in [-0.3, -0.25) is 9.59 Å². The highest BCUT2D eigenvalue weighted by molar-refractivity contribution is 5.70. The second-order valence-electron chi connectivity index (χ2n) is 12.7. The molecule has 0 aliphatic carbocycles. The zero-order valence-corrected chi connectivity index (χ0v) is 31.0. The van der Waals surface area contributed by atoms with E-state index in [9.17, 15) is 35.9 Å². The van der Waals surface area contributed by atoms with Crippen molar-refractivity contribution in [3.63, 3.8) is 0 Å². The number of alkyl halides is 6. The highest BCUT2D eigenvalue weighted by atomic mass is 19.4. The highest BCUT2D eigenvalue weighted by Crippen LogP contribution is 2.46. The van der Waals surface area contributed by atoms with E-state index in [4.69, 9.17) is 38.3 Å². The van der Waals surface area contributed by atoms with Gasteiger partial charge in [0.05, 0.1) is 43.3 Å². The lowest BCUT2D eigenvalue weighted by molar-refractivity contribution is -0.144. The minimum Gasteiger partial charge on any atom is -0.488 e. The Morgan fingerprint density at radius 3 is 1.42 bits per heavy atom. The quantitative estimate of drug-likeness (QED) is 0.0975. The van der Waals surface area contributed by atoms with Crippen LogP contribution < -0.4 is 18.9 Å². The van der Waals surface area contributed by atoms with E-state index in [0.717, 1.165) is 17.7 Å². The molecule has 4 aromatic carbocycles. The molecule has 0 saturated heterocycles. The first-order valence-electron chi connectivity index (χ1n) is 17.8. The molecular weight excluding hydrogens is 766 g/mol. The van der Waals surface area contributed by atoms with Crippen molar-refractivity contribution in [2.45, 2.75) is 63.5 Å². The summed E-state index contributed by atoms with van der Waals surface area (Å²) in [5.74, 6) is -0.831. The molecule has 10 nitrogen and oxygen atoms in total. The van der Waals surface area contributed by atoms with Gasteiger partial charge in [-0.1, -0.05) is 48.5 Å². The monoisotopic (exact) mass is 806 g/mol. The molecule has 2 aliphatic heterocycles. The summed E-state index contributed by atoms with van der Waals surface area (Å²) in [7, 11) is 1.31. The molecule has 0 radical (unpaired) electrons. The first-order chi connectivity index (χ1) is 27.1. The second kappa shape index (κ2) is 18.6. The predicted octanol–water partition coefficient (Wildman–Crippen LogP) is 9.63. The van der Waals surface area contributed by atoms with Crippen molar-refractivity contribution in [1.82, 2.24) is 0 Å². The molecule has 6 rings (SSSR count). The molecule has 0 spiro atoms. The van der Waals surface area contributed by atoms with Gasteiger partial charge < -0.3 is 38.3 Å². The van der Waals surface area contributed by atoms with E-state index in [0.29, 0.717) is 41.4 Å². The zero-order valence-electron chi connectivity index (χ0n) is 31.0. The Morgan fingerprint density at radius 2 is 1.07 bits per heavy atom. The molecule has 1 N–H and O–H groups in total. The van der Waals surface area contributed by atoms with Gasteiger partial charge >= 0.3 is 24.3 Å². The van der Waals surface area contributed by atoms with Crippen LogP contribution in [0.15, 0.2) is 84.9 Å². The molecule has 0 fully saturated rings. The number of benzene rings is 4. The maximum Gasteiger partial charge on any atom is 0.419 e. The lowest BCUT2D eigenvalue weighted by atomic mass is 10.1. The van der Waals surface area contributed by atoms with Crippen LogP contribution in [0.2, 0.25) is 0 Å². The Bertz CT molecular complexity index is 1970. The predicted molar refractivity (Wildman–Crippen MR) is 191 cm³/mol. The Balaban J connectivity index is 0.000000218. The molecule has 0 amide bonds. The number of carboxylic acid groups (broad SMARTS) is 1. The second-order valence-corrected chi connectivity index (χ2v) is 12.7. The fourth-order valence-corrected chi connectivity index (χ4v) is 6.27. The normalized spacial score (nSPS) is 16.8. The minimum atomic E-state index is -4.50. The molecule has 4 atom stereocenters. The van der Waals surface area contributed by atoms with Gasteiger partial charge in [-0.2, -0.15) is 26.3 Å². The Labute approximate surface area is 324 Å². The van der Waals surface area contributed by atoms with Crippen molar-refractivity contribution in [2.24, 2.45) is 0 Å². The van der Waals surface area contributed by atoms with E-state index in [1.807, 2.05) is 6.92 Å². The van der Waals surface area contributed by atoms with Gasteiger partial charge in [0.15, 0.2) is 12.2 Å². The summed E-state index contributed by atoms with van der Waals surface area (Å²) >= 11 is 0. The summed E-state index contributed by atoms with van der Waals surface area (Å²) in [4.78, 5) is 22.5. The molecule has 4 aromatic rings. The van der Waals surface area contributed by atoms with Crippen molar-refractivity contribution in [3.8, 4) is 23.0 Å². The number of carbonyl (C=O) groups excluding carboxylic acids is 1. The lowest BCUT2D eigenvalue weighted by Gasteiger charge is -2.18. The summed E-state index contributed by atoms with van der Waals surface area (Å²) in [6.07, 6.45) is -11.4. The van der Waals surface area contributed by atoms with E-state index < -0.39 is 53.9 Å². The fourth-order valence-electron chi connectivity index (χ4n) is 6.27. The van der Waals surface area contributed by atoms with Crippen LogP contribution in [0.3, 0.4) is 0 Å². The van der Waals surface area contributed by atoms with E-state index >= 15 is 0 Å². The highest BCUT2D eigenvalue weighted by Gasteiger charge is 2.41. The van der Waals surface area contributed by atoms with Crippen LogP contribution in [-0.4, -0.2) is 50.6 Å². The Morgan fingerprint density at radius 1 is 0.667 bits per heavy atom. The van der Waals surface area contributed by atoms with Gasteiger partial charge in [0.25, 0.3) is 0 Å². The maximum absolute atomic E-state index is 13.1. The summed E-state index contributed by atoms with van der Waals surface area (Å²) in [5.41, 5.74) is 0.531. The van der Waals surface area contributed by atoms with Gasteiger partial charge in [-0.25, -0.2) is 0 Å². The molecule has 0 aromatic heterocycles. The average molecular weight is 807 g/mol. The average Bonchev–Trinajstić information content (AvgIpc) is 3.78. The van der Waals surface area contributed by atoms with Crippen LogP contribution >= 0.6 is 0 Å². The number of halogens is 6. The van der Waals surface area contributed by atoms with Gasteiger partial charge in [0.2, 0.25) is 0 Å². The van der Waals surface area contributed by atoms with E-state index in [1.165, 1.54) is 19.2 Å². The van der Waals surface area contributed by atoms with Crippen LogP contribution in [0.1, 0.15) is 84.5 Å². The zero-order chi connectivity index (χ0) is 41.3. The van der Waals surface area contributed by atoms with Gasteiger partial charge in [-0.05, 0) is 61.4 Å². The number of esters is 1. The Kier molecular flexibility index (Phi) is 14.0. The van der Waals surface area contributed by atoms with E-state index in [2.05, 4.69) is 0 Å². The first kappa shape index (κ1) is 42.7. The molecule has 16 heteroatoms. The Hall–Kier alpha value is -5.48. The van der Waals surface area contributed by atoms with Crippen LogP contribution in [0, 0.1) is 0 Å². The third kappa shape index (κ3) is 10.9. The van der Waals surface area contributed by atoms with Crippen molar-refractivity contribution in [2.75, 3.05) is 33.5 Å². The van der Waals surface area contributed by atoms with Crippen LogP contribution in [-0.2, 0) is 36.2 Å². The SMILES string of the molecule is CCO[C@@H](CC(=O)O)c1ccc(OC2COc3c2cccc3C(F)(F)F)cc1.CCO[C@@H](CC(=O)OC)c1ccc(OC2COc3c2cccc3C(F)(F)F)cc1. The minimum absolute atomic E-state index is 0.00586. The summed E-state index contributed by atoms with van der Waals surface area (Å²) in [5, 5.41) is 8.99. The number of rotatable bonds is 14. The number of carboxylic acids is 1. The number of hydrogen-bond acceptors (Lipinski definition) is 9. The number of aliphatic carboxylic acids is 1. The molecule has 0 bridgehead atoms. The van der Waals surface area contributed by atoms with Gasteiger partial charge in [0.1, 0.15) is 36.2 Å². The summed E-state index contributed by atoms with van der Waals surface area (Å²) in [6, 6.07) is 21.3. The first-order valence-corrected chi connectivity index (χ1v) is 17.8. The lowest BCUT2D eigenvalue weighted by Crippen LogP contribution is -2.12. The van der Waals surface area contributed by atoms with Crippen molar-refractivity contribution in [3.05, 3.63) is 118 Å². The molecule has 2 aliphatic rings. The van der Waals surface area contributed by atoms with Crippen molar-refractivity contribution < 1.29 is 74.2 Å². The largest absolute Gasteiger partial charge is 0.488 e. The summed E-state index contributed by atoms with van der Waals surface area (Å²) < 4.78 is 117. The number of ether oxygens (including phenoxy) is 7. The summed E-state index contributed by atoms with van der Waals surface area (Å²) in [6.45, 7) is 4.37. The smallest absolute Gasteiger partial charge is 0.419 e. The number of hydrogen-bond donors (Lipinski definition) is 1. The maximum atomic E-state index is 13.1. The number of carbonyl (C=O) groups is 2. The molecule has 2 heterocycles. The van der Waals surface area contributed by atoms with Crippen LogP contribution in [0.5, 0.6) is 23.0 Å². The number of methoxy groups -OCH3 is 1. The van der Waals surface area contributed by atoms with E-state index in [1.54, 1.807) is 67.6 Å². The van der Waals surface area contributed by atoms with Crippen LogP contribution in [0.25, 0.3) is 0 Å². The number of para-hydroxylation sites is 2. The number of fused-ring (bicyclic) bond motifs is 2. The van der Waals surface area contributed by atoms with Crippen molar-refractivity contribution in [1.29, 1.82) is 0 Å². The molecule has 0 saturated carbocycles. The van der Waals surface area contributed by atoms with Crippen LogP contribution in [0.4, 0.5) is 26.3 Å². The standard InChI is InChI=1S/C21H21F3O5.C20H19F3O5/c1-3-27-17(11-19(25)26-2)13-7-9-14(10-8-13)29-18-12-28-20-15(18)5-4-6-16(20)21(22,23)24;1-2-26-16(10-18(24)25)12-6-8-13(9-7-12)28-17-11-27-19-14(17)4-3-5-15(19)20(21,22)23/h4-10,17-18H,3,11-12H2,1-2H3;3-9,16-17H,2,10-11H2,1H3,(H,24,25)/t17-,18?;16-,17?/m00/s1. The van der Waals surface area contributed by atoms with Crippen molar-refractivity contribution >= 4 is 11.9 Å². The molecule has 306 valence electrons. The fraction of sp³-hybridized carbons (Fsp3) is 0.366. The van der Waals surface area contributed by atoms with Gasteiger partial charge in [0, 0.05) is 24.3 Å². The topological polar surface area (TPSA) is 119 Å².